The van der Waals surface area contributed by atoms with Crippen LogP contribution in [0.5, 0.6) is 11.5 Å². The molecule has 0 radical (unpaired) electrons. The van der Waals surface area contributed by atoms with E-state index in [2.05, 4.69) is 11.0 Å². The molecule has 0 aliphatic carbocycles. The first-order valence-corrected chi connectivity index (χ1v) is 11.5. The zero-order valence-electron chi connectivity index (χ0n) is 17.6. The van der Waals surface area contributed by atoms with Crippen molar-refractivity contribution < 1.29 is 24.0 Å². The molecule has 1 atom stereocenters. The summed E-state index contributed by atoms with van der Waals surface area (Å²) >= 11 is 0. The van der Waals surface area contributed by atoms with Gasteiger partial charge in [-0.2, -0.15) is 0 Å². The monoisotopic (exact) mass is 458 g/mol. The summed E-state index contributed by atoms with van der Waals surface area (Å²) in [5, 5.41) is 19.5. The highest BCUT2D eigenvalue weighted by Crippen LogP contribution is 2.33. The van der Waals surface area contributed by atoms with Crippen LogP contribution in [-0.2, 0) is 33.7 Å². The maximum Gasteiger partial charge on any atom is 0.223 e. The summed E-state index contributed by atoms with van der Waals surface area (Å²) in [6.07, 6.45) is 0.224. The maximum absolute atomic E-state index is 12.9. The molecule has 2 aromatic carbocycles. The molecule has 0 aromatic heterocycles. The van der Waals surface area contributed by atoms with Crippen molar-refractivity contribution in [1.29, 1.82) is 0 Å². The van der Waals surface area contributed by atoms with E-state index in [1.165, 1.54) is 18.2 Å². The Morgan fingerprint density at radius 1 is 0.938 bits per heavy atom. The molecule has 2 aromatic rings. The molecule has 1 unspecified atom stereocenters. The first kappa shape index (κ1) is 22.1. The van der Waals surface area contributed by atoms with E-state index in [4.69, 9.17) is 5.73 Å². The van der Waals surface area contributed by atoms with Crippen LogP contribution in [0.15, 0.2) is 41.3 Å². The predicted octanol–water partition coefficient (Wildman–Crippen LogP) is 1.05. The van der Waals surface area contributed by atoms with Gasteiger partial charge in [-0.25, -0.2) is 8.51 Å². The fraction of sp³-hybridized carbons (Fsp3) is 0.364. The molecule has 2 amide bonds. The Bertz CT molecular complexity index is 1070. The van der Waals surface area contributed by atoms with E-state index in [-0.39, 0.29) is 35.1 Å². The number of nitrogens with zero attached hydrogens (tertiary/aromatic N) is 3. The Hall–Kier alpha value is -3.11. The van der Waals surface area contributed by atoms with Gasteiger partial charge in [0.1, 0.15) is 22.5 Å². The zero-order chi connectivity index (χ0) is 22.8. The number of carbonyl (C=O) groups is 2. The number of rotatable bonds is 6. The number of carbonyl (C=O) groups excluding carboxylic acids is 2. The van der Waals surface area contributed by atoms with E-state index in [0.29, 0.717) is 39.3 Å². The second-order valence-corrected chi connectivity index (χ2v) is 9.44. The summed E-state index contributed by atoms with van der Waals surface area (Å²) in [5.74, 6) is -0.783. The van der Waals surface area contributed by atoms with Crippen molar-refractivity contribution >= 4 is 28.5 Å². The van der Waals surface area contributed by atoms with Crippen molar-refractivity contribution in [2.45, 2.75) is 30.8 Å². The van der Waals surface area contributed by atoms with Crippen molar-refractivity contribution in [2.24, 2.45) is 5.73 Å². The number of nitrogens with two attached hydrogens (primary N) is 1. The summed E-state index contributed by atoms with van der Waals surface area (Å²) in [6, 6.07) is 10.2. The van der Waals surface area contributed by atoms with Crippen LogP contribution in [0, 0.1) is 0 Å². The van der Waals surface area contributed by atoms with Gasteiger partial charge in [-0.15, -0.1) is 0 Å². The minimum absolute atomic E-state index is 0.0481. The Labute approximate surface area is 188 Å². The average molecular weight is 459 g/mol. The molecular formula is C22H26N4O5S. The number of hydrogen-bond donors (Lipinski definition) is 3. The second kappa shape index (κ2) is 9.17. The number of phenolic OH excluding ortho intramolecular Hbond substituents is 2. The molecule has 2 heterocycles. The summed E-state index contributed by atoms with van der Waals surface area (Å²) in [7, 11) is -1.55. The third-order valence-electron chi connectivity index (χ3n) is 5.83. The fourth-order valence-electron chi connectivity index (χ4n) is 4.06. The molecule has 1 fully saturated rings. The maximum atomic E-state index is 12.9. The normalized spacial score (nSPS) is 17.2. The molecule has 9 nitrogen and oxygen atoms in total. The van der Waals surface area contributed by atoms with Crippen molar-refractivity contribution in [3.63, 3.8) is 0 Å². The largest absolute Gasteiger partial charge is 0.508 e. The van der Waals surface area contributed by atoms with E-state index in [9.17, 15) is 24.0 Å². The van der Waals surface area contributed by atoms with Crippen LogP contribution in [0.25, 0.3) is 0 Å². The number of piperazine rings is 1. The fourth-order valence-corrected chi connectivity index (χ4v) is 5.27. The first-order chi connectivity index (χ1) is 15.3. The van der Waals surface area contributed by atoms with Crippen LogP contribution in [0.2, 0.25) is 0 Å². The van der Waals surface area contributed by atoms with Crippen molar-refractivity contribution in [3.8, 4) is 11.5 Å². The highest BCUT2D eigenvalue weighted by atomic mass is 32.2. The highest BCUT2D eigenvalue weighted by Gasteiger charge is 2.28. The third kappa shape index (κ3) is 4.71. The van der Waals surface area contributed by atoms with E-state index in [0.717, 1.165) is 16.8 Å². The number of anilines is 1. The van der Waals surface area contributed by atoms with E-state index >= 15 is 0 Å². The van der Waals surface area contributed by atoms with Crippen LogP contribution in [-0.4, -0.2) is 61.6 Å². The summed E-state index contributed by atoms with van der Waals surface area (Å²) in [6.45, 7) is 3.55. The predicted molar refractivity (Wildman–Crippen MR) is 119 cm³/mol. The summed E-state index contributed by atoms with van der Waals surface area (Å²) in [4.78, 5) is 27.3. The van der Waals surface area contributed by atoms with Crippen LogP contribution < -0.4 is 10.6 Å². The van der Waals surface area contributed by atoms with E-state index < -0.39 is 16.9 Å². The molecule has 0 saturated carbocycles. The quantitative estimate of drug-likeness (QED) is 0.594. The summed E-state index contributed by atoms with van der Waals surface area (Å²) in [5.41, 5.74) is 8.34. The minimum Gasteiger partial charge on any atom is -0.508 e. The lowest BCUT2D eigenvalue weighted by Gasteiger charge is -2.36. The van der Waals surface area contributed by atoms with Crippen molar-refractivity contribution in [3.05, 3.63) is 47.5 Å². The lowest BCUT2D eigenvalue weighted by Crippen LogP contribution is -2.48. The molecule has 170 valence electrons. The van der Waals surface area contributed by atoms with Gasteiger partial charge < -0.3 is 25.7 Å². The van der Waals surface area contributed by atoms with Crippen LogP contribution in [0.4, 0.5) is 5.69 Å². The molecular weight excluding hydrogens is 432 g/mol. The van der Waals surface area contributed by atoms with Crippen LogP contribution in [0.3, 0.4) is 0 Å². The van der Waals surface area contributed by atoms with Gasteiger partial charge >= 0.3 is 0 Å². The minimum atomic E-state index is -1.55. The molecule has 0 spiro atoms. The number of hydrogen-bond acceptors (Lipinski definition) is 6. The lowest BCUT2D eigenvalue weighted by atomic mass is 10.1. The molecule has 32 heavy (non-hydrogen) atoms. The number of phenols is 2. The Morgan fingerprint density at radius 3 is 2.34 bits per heavy atom. The third-order valence-corrected chi connectivity index (χ3v) is 7.28. The van der Waals surface area contributed by atoms with Gasteiger partial charge in [-0.3, -0.25) is 9.59 Å². The number of amides is 2. The molecule has 2 aliphatic rings. The number of fused-ring (bicyclic) bond motifs is 1. The smallest absolute Gasteiger partial charge is 0.223 e. The SMILES string of the molecule is NC(=O)CCC(=O)N1CCN(c2ccc3c(c2)CN(S(=O)c2ccc(O)cc2O)C3)CC1. The van der Waals surface area contributed by atoms with E-state index in [1.807, 2.05) is 12.1 Å². The van der Waals surface area contributed by atoms with Gasteiger partial charge in [0.05, 0.1) is 4.90 Å². The van der Waals surface area contributed by atoms with Crippen molar-refractivity contribution in [2.75, 3.05) is 31.1 Å². The van der Waals surface area contributed by atoms with Gasteiger partial charge in [0.2, 0.25) is 11.8 Å². The molecule has 2 aliphatic heterocycles. The first-order valence-electron chi connectivity index (χ1n) is 10.4. The number of benzene rings is 2. The van der Waals surface area contributed by atoms with Crippen LogP contribution in [0.1, 0.15) is 24.0 Å². The van der Waals surface area contributed by atoms with Gasteiger partial charge in [-0.05, 0) is 35.4 Å². The van der Waals surface area contributed by atoms with Crippen molar-refractivity contribution in [1.82, 2.24) is 9.21 Å². The van der Waals surface area contributed by atoms with Gasteiger partial charge in [-0.1, -0.05) is 6.07 Å². The van der Waals surface area contributed by atoms with Gasteiger partial charge in [0.25, 0.3) is 0 Å². The van der Waals surface area contributed by atoms with Crippen LogP contribution >= 0.6 is 0 Å². The molecule has 1 saturated heterocycles. The second-order valence-electron chi connectivity index (χ2n) is 7.99. The zero-order valence-corrected chi connectivity index (χ0v) is 18.4. The Kier molecular flexibility index (Phi) is 6.33. The molecule has 10 heteroatoms. The lowest BCUT2D eigenvalue weighted by molar-refractivity contribution is -0.133. The van der Waals surface area contributed by atoms with Gasteiger partial charge in [0, 0.05) is 63.9 Å². The highest BCUT2D eigenvalue weighted by molar-refractivity contribution is 7.82. The number of primary amides is 1. The molecule has 4 rings (SSSR count). The summed E-state index contributed by atoms with van der Waals surface area (Å²) < 4.78 is 14.7. The molecule has 4 N–H and O–H groups in total. The Morgan fingerprint density at radius 2 is 1.66 bits per heavy atom. The standard InChI is InChI=1S/C22H26N4O5S/c23-21(29)5-6-22(30)25-9-7-24(8-10-25)17-2-1-15-13-26(14-16(15)11-17)32(31)20-4-3-18(27)12-19(20)28/h1-4,11-12,27-28H,5-10,13-14H2,(H2,23,29). The molecule has 0 bridgehead atoms. The van der Waals surface area contributed by atoms with Gasteiger partial charge in [0.15, 0.2) is 0 Å². The van der Waals surface area contributed by atoms with E-state index in [1.54, 1.807) is 9.21 Å². The topological polar surface area (TPSA) is 127 Å². The number of aromatic hydroxyl groups is 2. The average Bonchev–Trinajstić information content (AvgIpc) is 3.20. The Balaban J connectivity index is 1.38.